The Morgan fingerprint density at radius 1 is 1.09 bits per heavy atom. The number of carbonyl (C=O) groups excluding carboxylic acids is 1. The number of nitrogens with one attached hydrogen (secondary N) is 1. The number of hydrogen-bond donors (Lipinski definition) is 2. The highest BCUT2D eigenvalue weighted by Gasteiger charge is 2.29. The predicted molar refractivity (Wildman–Crippen MR) is 85.3 cm³/mol. The van der Waals surface area contributed by atoms with Gasteiger partial charge in [0.25, 0.3) is 0 Å². The fourth-order valence-corrected chi connectivity index (χ4v) is 2.88. The minimum absolute atomic E-state index is 0.0340. The van der Waals surface area contributed by atoms with E-state index >= 15 is 0 Å². The fraction of sp³-hybridized carbons (Fsp3) is 0.222. The molecule has 5 nitrogen and oxygen atoms in total. The molecule has 1 aliphatic carbocycles. The summed E-state index contributed by atoms with van der Waals surface area (Å²) in [4.78, 5) is 22.5. The van der Waals surface area contributed by atoms with E-state index in [1.54, 1.807) is 0 Å². The monoisotopic (exact) mass is 312 g/mol. The molecule has 0 spiro atoms. The molecule has 2 aromatic rings. The average Bonchev–Trinajstić information content (AvgIpc) is 2.87. The molecular weight excluding hydrogens is 295 g/mol. The molecule has 118 valence electrons. The highest BCUT2D eigenvalue weighted by atomic mass is 16.6. The number of carboxylic acid groups (broad SMARTS) is 1. The molecule has 0 aromatic heterocycles. The van der Waals surface area contributed by atoms with E-state index in [0.29, 0.717) is 0 Å². The molecule has 0 fully saturated rings. The Hall–Kier alpha value is -2.82. The molecule has 0 radical (unpaired) electrons. The minimum atomic E-state index is -1.10. The van der Waals surface area contributed by atoms with Gasteiger partial charge in [-0.2, -0.15) is 0 Å². The maximum Gasteiger partial charge on any atom is 0.407 e. The van der Waals surface area contributed by atoms with E-state index in [1.807, 2.05) is 36.4 Å². The summed E-state index contributed by atoms with van der Waals surface area (Å²) in [6.45, 7) is 1.57. The molecular formula is C18H17NO4. The molecule has 1 amide bonds. The number of carboxylic acids is 1. The SMILES string of the molecule is C[C@H]([15NH]C(=O)OCC1c2ccccc2-c2ccccc21)C(=O)O. The van der Waals surface area contributed by atoms with E-state index in [0.717, 1.165) is 22.3 Å². The molecule has 3 rings (SSSR count). The number of amides is 1. The van der Waals surface area contributed by atoms with E-state index in [1.165, 1.54) is 6.92 Å². The van der Waals surface area contributed by atoms with Crippen LogP contribution in [0.5, 0.6) is 0 Å². The van der Waals surface area contributed by atoms with E-state index in [-0.39, 0.29) is 12.5 Å². The molecule has 1 atom stereocenters. The first-order chi connectivity index (χ1) is 11.1. The van der Waals surface area contributed by atoms with Crippen LogP contribution in [0.4, 0.5) is 4.79 Å². The van der Waals surface area contributed by atoms with Crippen LogP contribution in [0.1, 0.15) is 24.0 Å². The molecule has 5 heteroatoms. The number of rotatable bonds is 4. The van der Waals surface area contributed by atoms with Gasteiger partial charge in [0.1, 0.15) is 12.6 Å². The lowest BCUT2D eigenvalue weighted by molar-refractivity contribution is -0.138. The van der Waals surface area contributed by atoms with Crippen LogP contribution in [-0.2, 0) is 9.53 Å². The van der Waals surface area contributed by atoms with Crippen molar-refractivity contribution in [1.82, 2.24) is 5.32 Å². The quantitative estimate of drug-likeness (QED) is 0.851. The summed E-state index contributed by atoms with van der Waals surface area (Å²) in [5, 5.41) is 11.1. The number of alkyl carbamates (subject to hydrolysis) is 1. The van der Waals surface area contributed by atoms with Crippen molar-refractivity contribution in [3.63, 3.8) is 0 Å². The third kappa shape index (κ3) is 2.90. The summed E-state index contributed by atoms with van der Waals surface area (Å²) in [5.74, 6) is -1.13. The zero-order valence-corrected chi connectivity index (χ0v) is 12.7. The van der Waals surface area contributed by atoms with Crippen molar-refractivity contribution >= 4 is 12.1 Å². The van der Waals surface area contributed by atoms with Gasteiger partial charge in [0.15, 0.2) is 0 Å². The summed E-state index contributed by atoms with van der Waals surface area (Å²) >= 11 is 0. The van der Waals surface area contributed by atoms with Crippen LogP contribution in [0, 0.1) is 0 Å². The molecule has 1 aliphatic rings. The molecule has 0 heterocycles. The first-order valence-corrected chi connectivity index (χ1v) is 7.42. The second kappa shape index (κ2) is 6.12. The molecule has 2 N–H and O–H groups in total. The van der Waals surface area contributed by atoms with E-state index in [9.17, 15) is 9.59 Å². The zero-order valence-electron chi connectivity index (χ0n) is 12.7. The maximum absolute atomic E-state index is 11.7. The van der Waals surface area contributed by atoms with Crippen molar-refractivity contribution in [3.8, 4) is 11.1 Å². The van der Waals surface area contributed by atoms with Gasteiger partial charge in [-0.3, -0.25) is 4.79 Å². The van der Waals surface area contributed by atoms with Gasteiger partial charge < -0.3 is 15.2 Å². The van der Waals surface area contributed by atoms with Crippen LogP contribution in [-0.4, -0.2) is 29.8 Å². The molecule has 0 unspecified atom stereocenters. The largest absolute Gasteiger partial charge is 0.480 e. The third-order valence-corrected chi connectivity index (χ3v) is 4.05. The lowest BCUT2D eigenvalue weighted by Crippen LogP contribution is -2.39. The second-order valence-corrected chi connectivity index (χ2v) is 5.53. The fourth-order valence-electron chi connectivity index (χ4n) is 2.88. The van der Waals surface area contributed by atoms with Gasteiger partial charge in [0.2, 0.25) is 0 Å². The minimum Gasteiger partial charge on any atom is -0.480 e. The van der Waals surface area contributed by atoms with Gasteiger partial charge in [-0.15, -0.1) is 0 Å². The zero-order chi connectivity index (χ0) is 16.4. The van der Waals surface area contributed by atoms with Crippen molar-refractivity contribution in [3.05, 3.63) is 59.7 Å². The highest BCUT2D eigenvalue weighted by molar-refractivity contribution is 5.80. The Balaban J connectivity index is 1.76. The van der Waals surface area contributed by atoms with Crippen LogP contribution >= 0.6 is 0 Å². The van der Waals surface area contributed by atoms with Gasteiger partial charge >= 0.3 is 12.1 Å². The molecule has 2 aromatic carbocycles. The summed E-state index contributed by atoms with van der Waals surface area (Å²) in [6.07, 6.45) is -0.721. The summed E-state index contributed by atoms with van der Waals surface area (Å²) in [7, 11) is 0. The van der Waals surface area contributed by atoms with Gasteiger partial charge in [0.05, 0.1) is 0 Å². The molecule has 0 aliphatic heterocycles. The van der Waals surface area contributed by atoms with E-state index in [4.69, 9.17) is 9.84 Å². The first-order valence-electron chi connectivity index (χ1n) is 7.42. The topological polar surface area (TPSA) is 75.6 Å². The molecule has 23 heavy (non-hydrogen) atoms. The summed E-state index contributed by atoms with van der Waals surface area (Å²) in [6, 6.07) is 15.1. The van der Waals surface area contributed by atoms with Crippen molar-refractivity contribution < 1.29 is 19.4 Å². The van der Waals surface area contributed by atoms with Crippen molar-refractivity contribution in [2.24, 2.45) is 0 Å². The lowest BCUT2D eigenvalue weighted by Gasteiger charge is -2.15. The standard InChI is InChI=1S/C18H17NO4/c1-11(17(20)21)19-18(22)23-10-16-14-8-4-2-6-12(14)13-7-3-5-9-15(13)16/h2-9,11,16H,10H2,1H3,(H,19,22)(H,20,21)/t11-/m0/s1/i19+1. The van der Waals surface area contributed by atoms with E-state index in [2.05, 4.69) is 17.4 Å². The highest BCUT2D eigenvalue weighted by Crippen LogP contribution is 2.44. The van der Waals surface area contributed by atoms with Crippen LogP contribution in [0.2, 0.25) is 0 Å². The van der Waals surface area contributed by atoms with Gasteiger partial charge in [-0.1, -0.05) is 48.5 Å². The van der Waals surface area contributed by atoms with Crippen LogP contribution in [0.25, 0.3) is 11.1 Å². The number of fused-ring (bicyclic) bond motifs is 3. The van der Waals surface area contributed by atoms with Gasteiger partial charge in [-0.25, -0.2) is 4.79 Å². The second-order valence-electron chi connectivity index (χ2n) is 5.53. The van der Waals surface area contributed by atoms with Crippen LogP contribution in [0.15, 0.2) is 48.5 Å². The van der Waals surface area contributed by atoms with Crippen LogP contribution < -0.4 is 5.32 Å². The first kappa shape index (κ1) is 15.1. The normalized spacial score (nSPS) is 13.8. The van der Waals surface area contributed by atoms with Crippen molar-refractivity contribution in [1.29, 1.82) is 0 Å². The number of aliphatic carboxylic acids is 1. The predicted octanol–water partition coefficient (Wildman–Crippen LogP) is 3.00. The summed E-state index contributed by atoms with van der Waals surface area (Å²) in [5.41, 5.74) is 4.53. The van der Waals surface area contributed by atoms with Crippen LogP contribution in [0.3, 0.4) is 0 Å². The Labute approximate surface area is 133 Å². The number of benzene rings is 2. The number of hydrogen-bond acceptors (Lipinski definition) is 3. The van der Waals surface area contributed by atoms with Gasteiger partial charge in [0, 0.05) is 5.92 Å². The molecule has 0 saturated heterocycles. The molecule has 0 saturated carbocycles. The third-order valence-electron chi connectivity index (χ3n) is 4.05. The van der Waals surface area contributed by atoms with Crippen molar-refractivity contribution in [2.75, 3.05) is 6.61 Å². The smallest absolute Gasteiger partial charge is 0.407 e. The van der Waals surface area contributed by atoms with Crippen molar-refractivity contribution in [2.45, 2.75) is 18.9 Å². The average molecular weight is 312 g/mol. The lowest BCUT2D eigenvalue weighted by atomic mass is 9.98. The number of carbonyl (C=O) groups is 2. The Kier molecular flexibility index (Phi) is 4.02. The summed E-state index contributed by atoms with van der Waals surface area (Å²) < 4.78 is 5.25. The maximum atomic E-state index is 11.7. The Bertz CT molecular complexity index is 711. The van der Waals surface area contributed by atoms with E-state index < -0.39 is 18.1 Å². The van der Waals surface area contributed by atoms with Gasteiger partial charge in [-0.05, 0) is 29.2 Å². The number of ether oxygens (including phenoxy) is 1. The molecule has 0 bridgehead atoms. The Morgan fingerprint density at radius 3 is 2.13 bits per heavy atom. The Morgan fingerprint density at radius 2 is 1.61 bits per heavy atom.